The number of hydrogen-bond donors (Lipinski definition) is 1. The Morgan fingerprint density at radius 1 is 1.40 bits per heavy atom. The molecule has 1 aliphatic heterocycles. The molecule has 2 rings (SSSR count). The van der Waals surface area contributed by atoms with Crippen molar-refractivity contribution in [3.8, 4) is 0 Å². The number of likely N-dealkylation sites (tertiary alicyclic amines) is 1. The number of carbonyl (C=O) groups excluding carboxylic acids is 1. The molecule has 0 aliphatic carbocycles. The number of nitrogens with zero attached hydrogens (tertiary/aromatic N) is 2. The van der Waals surface area contributed by atoms with E-state index < -0.39 is 0 Å². The van der Waals surface area contributed by atoms with Crippen LogP contribution in [0.4, 0.5) is 10.5 Å². The van der Waals surface area contributed by atoms with E-state index in [1.165, 1.54) is 5.56 Å². The summed E-state index contributed by atoms with van der Waals surface area (Å²) >= 11 is 0. The van der Waals surface area contributed by atoms with Crippen LogP contribution < -0.4 is 5.32 Å². The number of benzene rings is 1. The number of hydrogen-bond acceptors (Lipinski definition) is 2. The maximum absolute atomic E-state index is 12.2. The van der Waals surface area contributed by atoms with E-state index in [9.17, 15) is 4.79 Å². The second kappa shape index (κ2) is 6.75. The summed E-state index contributed by atoms with van der Waals surface area (Å²) in [6.45, 7) is 8.07. The number of nitrogens with one attached hydrogen (secondary N) is 1. The number of rotatable bonds is 4. The van der Waals surface area contributed by atoms with Crippen LogP contribution in [0.25, 0.3) is 0 Å². The van der Waals surface area contributed by atoms with Gasteiger partial charge in [-0.1, -0.05) is 24.6 Å². The van der Waals surface area contributed by atoms with Gasteiger partial charge in [0, 0.05) is 25.3 Å². The van der Waals surface area contributed by atoms with Crippen LogP contribution in [0.3, 0.4) is 0 Å². The molecule has 1 aliphatic rings. The summed E-state index contributed by atoms with van der Waals surface area (Å²) in [6.07, 6.45) is 1.10. The molecule has 0 saturated carbocycles. The van der Waals surface area contributed by atoms with Crippen molar-refractivity contribution < 1.29 is 4.79 Å². The third-order valence-electron chi connectivity index (χ3n) is 3.99. The van der Waals surface area contributed by atoms with Crippen LogP contribution in [-0.4, -0.2) is 49.1 Å². The van der Waals surface area contributed by atoms with E-state index >= 15 is 0 Å². The lowest BCUT2D eigenvalue weighted by atomic mass is 10.1. The van der Waals surface area contributed by atoms with Crippen LogP contribution in [0, 0.1) is 12.8 Å². The van der Waals surface area contributed by atoms with E-state index in [-0.39, 0.29) is 6.03 Å². The number of anilines is 1. The molecule has 0 radical (unpaired) electrons. The summed E-state index contributed by atoms with van der Waals surface area (Å²) in [6, 6.07) is 7.95. The van der Waals surface area contributed by atoms with Crippen molar-refractivity contribution in [3.05, 3.63) is 29.8 Å². The monoisotopic (exact) mass is 275 g/mol. The minimum Gasteiger partial charge on any atom is -0.324 e. The zero-order chi connectivity index (χ0) is 14.5. The molecule has 1 atom stereocenters. The van der Waals surface area contributed by atoms with Gasteiger partial charge in [0.25, 0.3) is 0 Å². The summed E-state index contributed by atoms with van der Waals surface area (Å²) in [5, 5.41) is 2.97. The van der Waals surface area contributed by atoms with Crippen LogP contribution in [-0.2, 0) is 0 Å². The molecule has 1 fully saturated rings. The quantitative estimate of drug-likeness (QED) is 0.917. The van der Waals surface area contributed by atoms with E-state index in [0.717, 1.165) is 38.3 Å². The Hall–Kier alpha value is -1.55. The lowest BCUT2D eigenvalue weighted by molar-refractivity contribution is 0.218. The van der Waals surface area contributed by atoms with E-state index in [1.54, 1.807) is 0 Å². The largest absolute Gasteiger partial charge is 0.324 e. The highest BCUT2D eigenvalue weighted by Gasteiger charge is 2.26. The van der Waals surface area contributed by atoms with Crippen LogP contribution in [0.5, 0.6) is 0 Å². The third kappa shape index (κ3) is 3.97. The second-order valence-electron chi connectivity index (χ2n) is 5.75. The zero-order valence-corrected chi connectivity index (χ0v) is 12.7. The highest BCUT2D eigenvalue weighted by molar-refractivity contribution is 5.89. The van der Waals surface area contributed by atoms with Crippen molar-refractivity contribution in [1.29, 1.82) is 0 Å². The van der Waals surface area contributed by atoms with Gasteiger partial charge in [-0.2, -0.15) is 0 Å². The van der Waals surface area contributed by atoms with Gasteiger partial charge in [-0.05, 0) is 45.0 Å². The fourth-order valence-corrected chi connectivity index (χ4v) is 2.58. The molecule has 1 heterocycles. The summed E-state index contributed by atoms with van der Waals surface area (Å²) in [5.74, 6) is 0.601. The van der Waals surface area contributed by atoms with Crippen LogP contribution in [0.1, 0.15) is 18.9 Å². The molecule has 20 heavy (non-hydrogen) atoms. The van der Waals surface area contributed by atoms with Gasteiger partial charge in [0.15, 0.2) is 0 Å². The first-order chi connectivity index (χ1) is 9.58. The molecule has 1 saturated heterocycles. The van der Waals surface area contributed by atoms with E-state index in [1.807, 2.05) is 36.1 Å². The maximum Gasteiger partial charge on any atom is 0.321 e. The first-order valence-corrected chi connectivity index (χ1v) is 7.39. The summed E-state index contributed by atoms with van der Waals surface area (Å²) in [7, 11) is 2.13. The molecule has 1 aromatic carbocycles. The average molecular weight is 275 g/mol. The van der Waals surface area contributed by atoms with Crippen molar-refractivity contribution in [1.82, 2.24) is 9.80 Å². The molecule has 0 bridgehead atoms. The molecule has 4 heteroatoms. The smallest absolute Gasteiger partial charge is 0.321 e. The number of urea groups is 1. The predicted molar refractivity (Wildman–Crippen MR) is 83.0 cm³/mol. The van der Waals surface area contributed by atoms with Gasteiger partial charge in [-0.15, -0.1) is 0 Å². The topological polar surface area (TPSA) is 35.6 Å². The lowest BCUT2D eigenvalue weighted by Crippen LogP contribution is -2.34. The Kier molecular flexibility index (Phi) is 5.01. The highest BCUT2D eigenvalue weighted by Crippen LogP contribution is 2.18. The molecule has 0 aromatic heterocycles. The Balaban J connectivity index is 1.83. The molecular formula is C16H25N3O. The first kappa shape index (κ1) is 14.9. The van der Waals surface area contributed by atoms with Gasteiger partial charge in [0.1, 0.15) is 0 Å². The molecule has 2 amide bonds. The summed E-state index contributed by atoms with van der Waals surface area (Å²) < 4.78 is 0. The Morgan fingerprint density at radius 2 is 2.10 bits per heavy atom. The van der Waals surface area contributed by atoms with E-state index in [0.29, 0.717) is 5.92 Å². The Labute approximate surface area is 121 Å². The normalized spacial score (nSPS) is 18.6. The Bertz CT molecular complexity index is 444. The van der Waals surface area contributed by atoms with E-state index in [4.69, 9.17) is 0 Å². The van der Waals surface area contributed by atoms with Crippen molar-refractivity contribution in [3.63, 3.8) is 0 Å². The molecule has 1 N–H and O–H groups in total. The van der Waals surface area contributed by atoms with Gasteiger partial charge in [-0.3, -0.25) is 0 Å². The highest BCUT2D eigenvalue weighted by atomic mass is 16.2. The van der Waals surface area contributed by atoms with Crippen molar-refractivity contribution >= 4 is 11.7 Å². The number of aryl methyl sites for hydroxylation is 1. The maximum atomic E-state index is 12.2. The third-order valence-corrected chi connectivity index (χ3v) is 3.99. The fourth-order valence-electron chi connectivity index (χ4n) is 2.58. The van der Waals surface area contributed by atoms with Gasteiger partial charge < -0.3 is 15.1 Å². The van der Waals surface area contributed by atoms with Gasteiger partial charge >= 0.3 is 6.03 Å². The molecule has 0 spiro atoms. The molecule has 0 unspecified atom stereocenters. The standard InChI is InChI=1S/C16H25N3O/c1-4-18(3)11-14-9-10-19(12-14)16(20)17-15-7-5-13(2)6-8-15/h5-8,14H,4,9-12H2,1-3H3,(H,17,20)/t14-/m0/s1. The van der Waals surface area contributed by atoms with Gasteiger partial charge in [0.2, 0.25) is 0 Å². The minimum absolute atomic E-state index is 0.0236. The van der Waals surface area contributed by atoms with Crippen molar-refractivity contribution in [2.45, 2.75) is 20.3 Å². The van der Waals surface area contributed by atoms with Crippen LogP contribution in [0.2, 0.25) is 0 Å². The predicted octanol–water partition coefficient (Wildman–Crippen LogP) is 2.80. The molecule has 4 nitrogen and oxygen atoms in total. The fraction of sp³-hybridized carbons (Fsp3) is 0.562. The van der Waals surface area contributed by atoms with Crippen molar-refractivity contribution in [2.24, 2.45) is 5.92 Å². The molecule has 1 aromatic rings. The van der Waals surface area contributed by atoms with Crippen LogP contribution >= 0.6 is 0 Å². The second-order valence-corrected chi connectivity index (χ2v) is 5.75. The van der Waals surface area contributed by atoms with Gasteiger partial charge in [-0.25, -0.2) is 4.79 Å². The van der Waals surface area contributed by atoms with Crippen molar-refractivity contribution in [2.75, 3.05) is 38.5 Å². The van der Waals surface area contributed by atoms with E-state index in [2.05, 4.69) is 24.2 Å². The molecule has 110 valence electrons. The lowest BCUT2D eigenvalue weighted by Gasteiger charge is -2.20. The van der Waals surface area contributed by atoms with Crippen LogP contribution in [0.15, 0.2) is 24.3 Å². The number of amides is 2. The SMILES string of the molecule is CCN(C)C[C@@H]1CCN(C(=O)Nc2ccc(C)cc2)C1. The summed E-state index contributed by atoms with van der Waals surface area (Å²) in [4.78, 5) is 16.4. The Morgan fingerprint density at radius 3 is 2.75 bits per heavy atom. The number of carbonyl (C=O) groups is 1. The minimum atomic E-state index is 0.0236. The van der Waals surface area contributed by atoms with Gasteiger partial charge in [0.05, 0.1) is 0 Å². The average Bonchev–Trinajstić information content (AvgIpc) is 2.89. The molecular weight excluding hydrogens is 250 g/mol. The zero-order valence-electron chi connectivity index (χ0n) is 12.7. The summed E-state index contributed by atoms with van der Waals surface area (Å²) in [5.41, 5.74) is 2.07. The first-order valence-electron chi connectivity index (χ1n) is 7.39.